The molecule has 0 amide bonds. The Morgan fingerprint density at radius 1 is 1.24 bits per heavy atom. The summed E-state index contributed by atoms with van der Waals surface area (Å²) in [6.45, 7) is 2.73. The van der Waals surface area contributed by atoms with Crippen LogP contribution in [0.25, 0.3) is 0 Å². The van der Waals surface area contributed by atoms with Crippen LogP contribution in [0.4, 0.5) is 6.01 Å². The molecule has 0 spiro atoms. The highest BCUT2D eigenvalue weighted by Crippen LogP contribution is 2.10. The van der Waals surface area contributed by atoms with Crippen molar-refractivity contribution in [2.24, 2.45) is 0 Å². The lowest BCUT2D eigenvalue weighted by Crippen LogP contribution is -2.04. The lowest BCUT2D eigenvalue weighted by molar-refractivity contribution is 0.511. The first-order valence-electron chi connectivity index (χ1n) is 5.58. The number of aromatic nitrogens is 2. The Morgan fingerprint density at radius 2 is 2.00 bits per heavy atom. The first kappa shape index (κ1) is 11.9. The van der Waals surface area contributed by atoms with Gasteiger partial charge in [-0.3, -0.25) is 0 Å². The van der Waals surface area contributed by atoms with Crippen molar-refractivity contribution in [3.8, 4) is 0 Å². The van der Waals surface area contributed by atoms with E-state index in [9.17, 15) is 0 Å². The van der Waals surface area contributed by atoms with Gasteiger partial charge in [-0.15, -0.1) is 5.10 Å². The molecule has 1 heterocycles. The van der Waals surface area contributed by atoms with Crippen LogP contribution in [0.1, 0.15) is 18.4 Å². The molecule has 1 aromatic heterocycles. The Balaban J connectivity index is 1.81. The van der Waals surface area contributed by atoms with E-state index in [0.29, 0.717) is 11.9 Å². The maximum atomic E-state index is 5.81. The normalized spacial score (nSPS) is 10.5. The highest BCUT2D eigenvalue weighted by atomic mass is 35.5. The number of halogens is 1. The summed E-state index contributed by atoms with van der Waals surface area (Å²) in [5.74, 6) is 0.652. The summed E-state index contributed by atoms with van der Waals surface area (Å²) in [5, 5.41) is 11.6. The van der Waals surface area contributed by atoms with Crippen LogP contribution in [-0.4, -0.2) is 16.7 Å². The minimum absolute atomic E-state index is 0.482. The van der Waals surface area contributed by atoms with Crippen LogP contribution in [0.5, 0.6) is 0 Å². The number of nitrogens with one attached hydrogen (secondary N) is 1. The van der Waals surface area contributed by atoms with E-state index in [0.717, 1.165) is 24.4 Å². The Hall–Kier alpha value is -1.55. The van der Waals surface area contributed by atoms with E-state index in [4.69, 9.17) is 16.0 Å². The van der Waals surface area contributed by atoms with Crippen molar-refractivity contribution in [1.82, 2.24) is 10.2 Å². The van der Waals surface area contributed by atoms with Crippen molar-refractivity contribution in [1.29, 1.82) is 0 Å². The van der Waals surface area contributed by atoms with E-state index >= 15 is 0 Å². The molecule has 0 saturated carbocycles. The Morgan fingerprint density at radius 3 is 2.65 bits per heavy atom. The van der Waals surface area contributed by atoms with Crippen molar-refractivity contribution in [2.45, 2.75) is 19.8 Å². The predicted molar refractivity (Wildman–Crippen MR) is 67.3 cm³/mol. The van der Waals surface area contributed by atoms with Crippen molar-refractivity contribution in [2.75, 3.05) is 11.9 Å². The first-order chi connectivity index (χ1) is 8.28. The van der Waals surface area contributed by atoms with E-state index < -0.39 is 0 Å². The third-order valence-electron chi connectivity index (χ3n) is 2.37. The largest absolute Gasteiger partial charge is 0.408 e. The van der Waals surface area contributed by atoms with Crippen LogP contribution in [0.2, 0.25) is 5.02 Å². The Labute approximate surface area is 105 Å². The topological polar surface area (TPSA) is 51.0 Å². The second kappa shape index (κ2) is 5.68. The van der Waals surface area contributed by atoms with Gasteiger partial charge in [-0.1, -0.05) is 35.8 Å². The Kier molecular flexibility index (Phi) is 3.98. The number of nitrogens with zero attached hydrogens (tertiary/aromatic N) is 2. The summed E-state index contributed by atoms with van der Waals surface area (Å²) in [5.41, 5.74) is 1.22. The molecule has 2 aromatic rings. The predicted octanol–water partition coefficient (Wildman–Crippen LogP) is 2.94. The molecule has 0 aliphatic rings. The molecule has 0 fully saturated rings. The highest BCUT2D eigenvalue weighted by molar-refractivity contribution is 6.30. The summed E-state index contributed by atoms with van der Waals surface area (Å²) < 4.78 is 5.34. The molecule has 0 aliphatic carbocycles. The average Bonchev–Trinajstić information content (AvgIpc) is 2.80. The molecule has 90 valence electrons. The lowest BCUT2D eigenvalue weighted by atomic mass is 10.1. The van der Waals surface area contributed by atoms with Crippen LogP contribution in [-0.2, 0) is 12.8 Å². The highest BCUT2D eigenvalue weighted by Gasteiger charge is 2.02. The van der Waals surface area contributed by atoms with Gasteiger partial charge >= 0.3 is 6.01 Å². The molecule has 0 bridgehead atoms. The fourth-order valence-corrected chi connectivity index (χ4v) is 1.56. The molecule has 0 aliphatic heterocycles. The SMILES string of the molecule is CCc1nnc(NCCc2ccc(Cl)cc2)o1. The molecule has 2 rings (SSSR count). The van der Waals surface area contributed by atoms with Gasteiger partial charge in [0.2, 0.25) is 5.89 Å². The number of hydrogen-bond donors (Lipinski definition) is 1. The average molecular weight is 252 g/mol. The van der Waals surface area contributed by atoms with Crippen LogP contribution in [0, 0.1) is 0 Å². The number of anilines is 1. The zero-order valence-corrected chi connectivity index (χ0v) is 10.4. The standard InChI is InChI=1S/C12H14ClN3O/c1-2-11-15-16-12(17-11)14-8-7-9-3-5-10(13)6-4-9/h3-6H,2,7-8H2,1H3,(H,14,16). The molecule has 17 heavy (non-hydrogen) atoms. The molecule has 1 N–H and O–H groups in total. The van der Waals surface area contributed by atoms with Crippen molar-refractivity contribution < 1.29 is 4.42 Å². The molecule has 0 radical (unpaired) electrons. The zero-order chi connectivity index (χ0) is 12.1. The number of rotatable bonds is 5. The van der Waals surface area contributed by atoms with Crippen LogP contribution in [0.3, 0.4) is 0 Å². The minimum Gasteiger partial charge on any atom is -0.408 e. The first-order valence-corrected chi connectivity index (χ1v) is 5.96. The van der Waals surface area contributed by atoms with E-state index in [1.54, 1.807) is 0 Å². The van der Waals surface area contributed by atoms with Gasteiger partial charge in [0.25, 0.3) is 0 Å². The summed E-state index contributed by atoms with van der Waals surface area (Å²) >= 11 is 5.81. The number of benzene rings is 1. The Bertz CT molecular complexity index is 467. The van der Waals surface area contributed by atoms with E-state index in [2.05, 4.69) is 15.5 Å². The maximum absolute atomic E-state index is 5.81. The molecular formula is C12H14ClN3O. The van der Waals surface area contributed by atoms with E-state index in [1.165, 1.54) is 5.56 Å². The fourth-order valence-electron chi connectivity index (χ4n) is 1.43. The number of aryl methyl sites for hydroxylation is 1. The summed E-state index contributed by atoms with van der Waals surface area (Å²) in [7, 11) is 0. The summed E-state index contributed by atoms with van der Waals surface area (Å²) in [6, 6.07) is 8.28. The number of hydrogen-bond acceptors (Lipinski definition) is 4. The third kappa shape index (κ3) is 3.46. The molecule has 0 saturated heterocycles. The summed E-state index contributed by atoms with van der Waals surface area (Å²) in [6.07, 6.45) is 1.65. The molecule has 1 aromatic carbocycles. The quantitative estimate of drug-likeness (QED) is 0.888. The van der Waals surface area contributed by atoms with Gasteiger partial charge in [0.15, 0.2) is 0 Å². The van der Waals surface area contributed by atoms with E-state index in [1.807, 2.05) is 31.2 Å². The van der Waals surface area contributed by atoms with Crippen molar-refractivity contribution in [3.63, 3.8) is 0 Å². The van der Waals surface area contributed by atoms with Gasteiger partial charge in [-0.25, -0.2) is 0 Å². The van der Waals surface area contributed by atoms with Crippen LogP contribution < -0.4 is 5.32 Å². The lowest BCUT2D eigenvalue weighted by Gasteiger charge is -2.01. The van der Waals surface area contributed by atoms with Crippen LogP contribution in [0.15, 0.2) is 28.7 Å². The van der Waals surface area contributed by atoms with Gasteiger partial charge in [-0.2, -0.15) is 0 Å². The monoisotopic (exact) mass is 251 g/mol. The summed E-state index contributed by atoms with van der Waals surface area (Å²) in [4.78, 5) is 0. The second-order valence-electron chi connectivity index (χ2n) is 3.66. The zero-order valence-electron chi connectivity index (χ0n) is 9.61. The van der Waals surface area contributed by atoms with Crippen molar-refractivity contribution in [3.05, 3.63) is 40.7 Å². The maximum Gasteiger partial charge on any atom is 0.315 e. The van der Waals surface area contributed by atoms with Gasteiger partial charge in [0, 0.05) is 18.0 Å². The second-order valence-corrected chi connectivity index (χ2v) is 4.09. The minimum atomic E-state index is 0.482. The van der Waals surface area contributed by atoms with Crippen molar-refractivity contribution >= 4 is 17.6 Å². The molecule has 0 atom stereocenters. The fraction of sp³-hybridized carbons (Fsp3) is 0.333. The molecular weight excluding hydrogens is 238 g/mol. The van der Waals surface area contributed by atoms with Crippen LogP contribution >= 0.6 is 11.6 Å². The molecule has 5 heteroatoms. The van der Waals surface area contributed by atoms with E-state index in [-0.39, 0.29) is 0 Å². The smallest absolute Gasteiger partial charge is 0.315 e. The molecule has 4 nitrogen and oxygen atoms in total. The van der Waals surface area contributed by atoms with Gasteiger partial charge in [0.05, 0.1) is 0 Å². The molecule has 0 unspecified atom stereocenters. The van der Waals surface area contributed by atoms with Gasteiger partial charge in [0.1, 0.15) is 0 Å². The van der Waals surface area contributed by atoms with Gasteiger partial charge < -0.3 is 9.73 Å². The third-order valence-corrected chi connectivity index (χ3v) is 2.62. The van der Waals surface area contributed by atoms with Gasteiger partial charge in [-0.05, 0) is 24.1 Å².